The number of nitrogens with zero attached hydrogens (tertiary/aromatic N) is 3. The summed E-state index contributed by atoms with van der Waals surface area (Å²) >= 11 is 0. The Kier molecular flexibility index (Phi) is 6.38. The average molecular weight is 432 g/mol. The molecule has 0 spiro atoms. The predicted octanol–water partition coefficient (Wildman–Crippen LogP) is 7.54. The van der Waals surface area contributed by atoms with Gasteiger partial charge in [0.25, 0.3) is 0 Å². The van der Waals surface area contributed by atoms with E-state index in [2.05, 4.69) is 77.1 Å². The van der Waals surface area contributed by atoms with Crippen molar-refractivity contribution in [3.05, 3.63) is 94.2 Å². The van der Waals surface area contributed by atoms with Gasteiger partial charge in [-0.3, -0.25) is 4.98 Å². The Labute approximate surface area is 196 Å². The summed E-state index contributed by atoms with van der Waals surface area (Å²) in [5.74, 6) is 0. The Hall–Kier alpha value is -3.77. The number of rotatable bonds is 5. The Morgan fingerprint density at radius 3 is 1.88 bits per heavy atom. The third-order valence-corrected chi connectivity index (χ3v) is 5.79. The number of aromatic nitrogens is 2. The first kappa shape index (κ1) is 22.4. The van der Waals surface area contributed by atoms with E-state index in [1.165, 1.54) is 22.3 Å². The summed E-state index contributed by atoms with van der Waals surface area (Å²) in [4.78, 5) is 10.1. The molecular weight excluding hydrogens is 402 g/mol. The predicted molar refractivity (Wildman–Crippen MR) is 136 cm³/mol. The molecule has 3 nitrogen and oxygen atoms in total. The van der Waals surface area contributed by atoms with Crippen LogP contribution in [0.1, 0.15) is 46.7 Å². The topological polar surface area (TPSA) is 49.6 Å². The highest BCUT2D eigenvalue weighted by Gasteiger charge is 2.16. The fourth-order valence-corrected chi connectivity index (χ4v) is 4.54. The lowest BCUT2D eigenvalue weighted by atomic mass is 9.96. The highest BCUT2D eigenvalue weighted by Crippen LogP contribution is 2.34. The zero-order valence-electron chi connectivity index (χ0n) is 20.0. The van der Waals surface area contributed by atoms with Gasteiger partial charge in [0.05, 0.1) is 34.9 Å². The third-order valence-electron chi connectivity index (χ3n) is 5.79. The summed E-state index contributed by atoms with van der Waals surface area (Å²) in [6, 6.07) is 21.2. The lowest BCUT2D eigenvalue weighted by Gasteiger charge is -2.15. The lowest BCUT2D eigenvalue weighted by Crippen LogP contribution is -2.00. The van der Waals surface area contributed by atoms with Crippen molar-refractivity contribution < 1.29 is 0 Å². The van der Waals surface area contributed by atoms with E-state index in [1.807, 2.05) is 24.4 Å². The van der Waals surface area contributed by atoms with Gasteiger partial charge in [0.1, 0.15) is 0 Å². The van der Waals surface area contributed by atoms with E-state index < -0.39 is 0 Å². The molecule has 0 fully saturated rings. The van der Waals surface area contributed by atoms with Crippen molar-refractivity contribution in [2.75, 3.05) is 0 Å². The molecule has 0 bridgehead atoms. The first-order valence-corrected chi connectivity index (χ1v) is 11.5. The number of benzene rings is 3. The molecule has 0 amide bonds. The van der Waals surface area contributed by atoms with Crippen molar-refractivity contribution in [1.82, 2.24) is 9.97 Å². The molecule has 33 heavy (non-hydrogen) atoms. The molecular formula is C30H29N3. The van der Waals surface area contributed by atoms with Crippen molar-refractivity contribution >= 4 is 0 Å². The van der Waals surface area contributed by atoms with Crippen molar-refractivity contribution in [1.29, 1.82) is 5.26 Å². The number of hydrogen-bond acceptors (Lipinski definition) is 3. The van der Waals surface area contributed by atoms with Crippen LogP contribution in [-0.4, -0.2) is 9.97 Å². The van der Waals surface area contributed by atoms with Crippen LogP contribution in [0.4, 0.5) is 0 Å². The molecule has 1 aromatic heterocycles. The smallest absolute Gasteiger partial charge is 0.0991 e. The number of hydrogen-bond donors (Lipinski definition) is 0. The van der Waals surface area contributed by atoms with Crippen LogP contribution in [0.15, 0.2) is 60.8 Å². The van der Waals surface area contributed by atoms with Gasteiger partial charge in [-0.15, -0.1) is 0 Å². The van der Waals surface area contributed by atoms with E-state index in [0.717, 1.165) is 52.2 Å². The molecule has 0 saturated carbocycles. The first-order chi connectivity index (χ1) is 15.9. The molecule has 1 heterocycles. The Bertz CT molecular complexity index is 1340. The minimum absolute atomic E-state index is 0.677. The highest BCUT2D eigenvalue weighted by atomic mass is 14.8. The van der Waals surface area contributed by atoms with Gasteiger partial charge in [-0.05, 0) is 76.1 Å². The van der Waals surface area contributed by atoms with Crippen LogP contribution in [-0.2, 0) is 6.42 Å². The quantitative estimate of drug-likeness (QED) is 0.328. The van der Waals surface area contributed by atoms with Gasteiger partial charge in [-0.2, -0.15) is 5.26 Å². The average Bonchev–Trinajstić information content (AvgIpc) is 2.77. The molecule has 3 aromatic carbocycles. The zero-order chi connectivity index (χ0) is 23.5. The largest absolute Gasteiger partial charge is 0.252 e. The van der Waals surface area contributed by atoms with E-state index in [-0.39, 0.29) is 0 Å². The molecule has 0 aliphatic carbocycles. The fraction of sp³-hybridized carbons (Fsp3) is 0.233. The molecule has 0 unspecified atom stereocenters. The second-order valence-electron chi connectivity index (χ2n) is 8.94. The maximum absolute atomic E-state index is 9.37. The highest BCUT2D eigenvalue weighted by molar-refractivity contribution is 5.81. The number of aryl methyl sites for hydroxylation is 5. The maximum atomic E-state index is 9.37. The molecule has 0 atom stereocenters. The third kappa shape index (κ3) is 4.86. The van der Waals surface area contributed by atoms with Crippen molar-refractivity contribution in [2.24, 2.45) is 0 Å². The van der Waals surface area contributed by atoms with Gasteiger partial charge in [-0.25, -0.2) is 4.98 Å². The minimum Gasteiger partial charge on any atom is -0.252 e. The Balaban J connectivity index is 1.97. The van der Waals surface area contributed by atoms with E-state index in [0.29, 0.717) is 5.56 Å². The van der Waals surface area contributed by atoms with Gasteiger partial charge < -0.3 is 0 Å². The lowest BCUT2D eigenvalue weighted by molar-refractivity contribution is 0.921. The van der Waals surface area contributed by atoms with Gasteiger partial charge in [0.2, 0.25) is 0 Å². The minimum atomic E-state index is 0.677. The second kappa shape index (κ2) is 9.38. The molecule has 4 rings (SSSR count). The van der Waals surface area contributed by atoms with Gasteiger partial charge in [0.15, 0.2) is 0 Å². The summed E-state index contributed by atoms with van der Waals surface area (Å²) < 4.78 is 0. The van der Waals surface area contributed by atoms with Crippen molar-refractivity contribution in [3.63, 3.8) is 0 Å². The van der Waals surface area contributed by atoms with E-state index in [9.17, 15) is 5.26 Å². The summed E-state index contributed by atoms with van der Waals surface area (Å²) in [5, 5.41) is 9.37. The van der Waals surface area contributed by atoms with Crippen LogP contribution in [0, 0.1) is 39.0 Å². The molecule has 0 saturated heterocycles. The Morgan fingerprint density at radius 2 is 1.33 bits per heavy atom. The number of nitriles is 1. The molecule has 0 aliphatic heterocycles. The SMILES string of the molecule is CCCc1cc(C#N)ccc1-c1cnc(-c2cc(C)cc(C)c2)c(-c2cc(C)cc(C)c2)n1. The van der Waals surface area contributed by atoms with Crippen LogP contribution in [0.3, 0.4) is 0 Å². The monoisotopic (exact) mass is 431 g/mol. The summed E-state index contributed by atoms with van der Waals surface area (Å²) in [6.45, 7) is 10.6. The maximum Gasteiger partial charge on any atom is 0.0991 e. The van der Waals surface area contributed by atoms with Crippen LogP contribution in [0.2, 0.25) is 0 Å². The fourth-order valence-electron chi connectivity index (χ4n) is 4.54. The summed E-state index contributed by atoms with van der Waals surface area (Å²) in [5.41, 5.74) is 12.4. The Morgan fingerprint density at radius 1 is 0.758 bits per heavy atom. The van der Waals surface area contributed by atoms with Gasteiger partial charge >= 0.3 is 0 Å². The molecule has 164 valence electrons. The van der Waals surface area contributed by atoms with E-state index in [1.54, 1.807) is 0 Å². The van der Waals surface area contributed by atoms with Crippen molar-refractivity contribution in [3.8, 4) is 39.8 Å². The van der Waals surface area contributed by atoms with Gasteiger partial charge in [0, 0.05) is 16.7 Å². The van der Waals surface area contributed by atoms with Crippen LogP contribution >= 0.6 is 0 Å². The summed E-state index contributed by atoms with van der Waals surface area (Å²) in [6.07, 6.45) is 3.77. The zero-order valence-corrected chi connectivity index (χ0v) is 20.0. The van der Waals surface area contributed by atoms with Gasteiger partial charge in [-0.1, -0.05) is 53.8 Å². The van der Waals surface area contributed by atoms with Crippen LogP contribution < -0.4 is 0 Å². The summed E-state index contributed by atoms with van der Waals surface area (Å²) in [7, 11) is 0. The van der Waals surface area contributed by atoms with Crippen LogP contribution in [0.25, 0.3) is 33.8 Å². The first-order valence-electron chi connectivity index (χ1n) is 11.5. The van der Waals surface area contributed by atoms with E-state index >= 15 is 0 Å². The van der Waals surface area contributed by atoms with Crippen molar-refractivity contribution in [2.45, 2.75) is 47.5 Å². The molecule has 4 aromatic rings. The molecule has 3 heteroatoms. The molecule has 0 radical (unpaired) electrons. The van der Waals surface area contributed by atoms with Crippen LogP contribution in [0.5, 0.6) is 0 Å². The normalized spacial score (nSPS) is 10.8. The second-order valence-corrected chi connectivity index (χ2v) is 8.94. The molecule has 0 aliphatic rings. The van der Waals surface area contributed by atoms with E-state index in [4.69, 9.17) is 9.97 Å². The molecule has 0 N–H and O–H groups in total. The standard InChI is InChI=1S/C30H29N3/c1-6-7-24-16-23(17-31)8-9-27(24)28-18-32-29(25-12-19(2)10-20(3)13-25)30(33-28)26-14-21(4)11-22(5)15-26/h8-16,18H,6-7H2,1-5H3.